The van der Waals surface area contributed by atoms with Crippen LogP contribution in [0.15, 0.2) is 52.4 Å². The van der Waals surface area contributed by atoms with E-state index in [0.717, 1.165) is 10.7 Å². The number of nitrogens with zero attached hydrogens (tertiary/aromatic N) is 2. The molecule has 0 N–H and O–H groups in total. The second-order valence-corrected chi connectivity index (χ2v) is 9.51. The molecule has 0 spiro atoms. The number of methoxy groups -OCH3 is 2. The highest BCUT2D eigenvalue weighted by Gasteiger charge is 2.35. The molecule has 0 saturated carbocycles. The molecule has 3 aromatic rings. The van der Waals surface area contributed by atoms with Crippen molar-refractivity contribution in [2.24, 2.45) is 0 Å². The molecule has 2 heterocycles. The molecular weight excluding hydrogens is 476 g/mol. The normalized spacial score (nSPS) is 15.8. The van der Waals surface area contributed by atoms with Crippen molar-refractivity contribution in [1.82, 2.24) is 5.16 Å². The van der Waals surface area contributed by atoms with Crippen LogP contribution in [0.5, 0.6) is 17.2 Å². The van der Waals surface area contributed by atoms with Crippen LogP contribution in [0, 0.1) is 0 Å². The molecule has 0 unspecified atom stereocenters. The van der Waals surface area contributed by atoms with Crippen molar-refractivity contribution in [2.45, 2.75) is 24.2 Å². The van der Waals surface area contributed by atoms with E-state index in [2.05, 4.69) is 11.7 Å². The molecule has 1 aliphatic rings. The third kappa shape index (κ3) is 4.63. The van der Waals surface area contributed by atoms with Crippen LogP contribution in [0.4, 0.5) is 5.82 Å². The molecule has 35 heavy (non-hydrogen) atoms. The number of aromatic nitrogens is 1. The zero-order chi connectivity index (χ0) is 25.0. The highest BCUT2D eigenvalue weighted by atomic mass is 32.2. The summed E-state index contributed by atoms with van der Waals surface area (Å²) in [5.41, 5.74) is 0.364. The minimum absolute atomic E-state index is 0.0137. The van der Waals surface area contributed by atoms with Crippen LogP contribution in [0.2, 0.25) is 0 Å². The first kappa shape index (κ1) is 24.4. The largest absolute Gasteiger partial charge is 0.495 e. The molecule has 11 heteroatoms. The topological polar surface area (TPSA) is 117 Å². The quantitative estimate of drug-likeness (QED) is 0.386. The maximum Gasteiger partial charge on any atom is 0.338 e. The summed E-state index contributed by atoms with van der Waals surface area (Å²) in [6, 6.07) is 7.74. The van der Waals surface area contributed by atoms with E-state index < -0.39 is 16.0 Å². The third-order valence-corrected chi connectivity index (χ3v) is 7.31. The molecule has 186 valence electrons. The van der Waals surface area contributed by atoms with Gasteiger partial charge >= 0.3 is 5.97 Å². The molecule has 1 aliphatic heterocycles. The van der Waals surface area contributed by atoms with Crippen molar-refractivity contribution in [3.63, 3.8) is 0 Å². The van der Waals surface area contributed by atoms with Gasteiger partial charge in [-0.1, -0.05) is 17.3 Å². The van der Waals surface area contributed by atoms with Crippen LogP contribution in [0.25, 0.3) is 11.0 Å². The predicted octanol–water partition coefficient (Wildman–Crippen LogP) is 3.95. The average molecular weight is 503 g/mol. The Morgan fingerprint density at radius 3 is 2.57 bits per heavy atom. The number of ether oxygens (including phenoxy) is 4. The number of anilines is 1. The molecule has 2 aromatic carbocycles. The maximum atomic E-state index is 14.1. The number of carbonyl (C=O) groups is 1. The molecule has 0 saturated heterocycles. The monoisotopic (exact) mass is 502 g/mol. The maximum absolute atomic E-state index is 14.1. The van der Waals surface area contributed by atoms with Gasteiger partial charge in [-0.05, 0) is 43.5 Å². The van der Waals surface area contributed by atoms with Crippen LogP contribution in [-0.4, -0.2) is 53.5 Å². The number of hydrogen-bond acceptors (Lipinski definition) is 9. The molecule has 0 bridgehead atoms. The number of rotatable bonds is 4. The van der Waals surface area contributed by atoms with Crippen molar-refractivity contribution >= 4 is 32.8 Å². The highest BCUT2D eigenvalue weighted by Crippen LogP contribution is 2.41. The summed E-state index contributed by atoms with van der Waals surface area (Å²) < 4.78 is 56.7. The minimum Gasteiger partial charge on any atom is -0.495 e. The lowest BCUT2D eigenvalue weighted by molar-refractivity contribution is 0.0600. The van der Waals surface area contributed by atoms with Crippen LogP contribution in [0.3, 0.4) is 0 Å². The Morgan fingerprint density at radius 1 is 1.14 bits per heavy atom. The van der Waals surface area contributed by atoms with Gasteiger partial charge in [0.25, 0.3) is 10.0 Å². The first-order chi connectivity index (χ1) is 16.9. The van der Waals surface area contributed by atoms with E-state index in [9.17, 15) is 13.2 Å². The van der Waals surface area contributed by atoms with Gasteiger partial charge < -0.3 is 23.5 Å². The van der Waals surface area contributed by atoms with Gasteiger partial charge in [-0.25, -0.2) is 17.5 Å². The number of carbonyl (C=O) groups excluding carboxylic acids is 1. The summed E-state index contributed by atoms with van der Waals surface area (Å²) in [5.74, 6) is -0.0404. The smallest absolute Gasteiger partial charge is 0.338 e. The molecule has 0 fully saturated rings. The summed E-state index contributed by atoms with van der Waals surface area (Å²) >= 11 is 0. The summed E-state index contributed by atoms with van der Waals surface area (Å²) in [6.45, 7) is 4.23. The Hall–Kier alpha value is -3.73. The summed E-state index contributed by atoms with van der Waals surface area (Å²) in [7, 11) is -1.63. The SMILES string of the molecule is C=CCN1c2noc3cc(C(=O)OC)cc(c23)OCCCCCOc2cccc(OC)c2S1(=O)=O. The Bertz CT molecular complexity index is 1350. The van der Waals surface area contributed by atoms with Crippen molar-refractivity contribution in [2.75, 3.05) is 38.3 Å². The van der Waals surface area contributed by atoms with Crippen molar-refractivity contribution in [3.8, 4) is 17.2 Å². The zero-order valence-electron chi connectivity index (χ0n) is 19.5. The van der Waals surface area contributed by atoms with E-state index in [4.69, 9.17) is 23.5 Å². The van der Waals surface area contributed by atoms with Gasteiger partial charge in [0.05, 0.1) is 39.5 Å². The van der Waals surface area contributed by atoms with E-state index >= 15 is 0 Å². The van der Waals surface area contributed by atoms with Gasteiger partial charge in [-0.15, -0.1) is 6.58 Å². The number of sulfonamides is 1. The molecular formula is C24H26N2O8S. The number of fused-ring (bicyclic) bond motifs is 1. The first-order valence-corrected chi connectivity index (χ1v) is 12.4. The minimum atomic E-state index is -4.28. The van der Waals surface area contributed by atoms with Gasteiger partial charge in [-0.2, -0.15) is 0 Å². The van der Waals surface area contributed by atoms with Gasteiger partial charge in [0, 0.05) is 0 Å². The van der Waals surface area contributed by atoms with E-state index in [1.807, 2.05) is 0 Å². The fourth-order valence-corrected chi connectivity index (χ4v) is 5.50. The van der Waals surface area contributed by atoms with E-state index in [0.29, 0.717) is 31.4 Å². The lowest BCUT2D eigenvalue weighted by atomic mass is 10.1. The summed E-state index contributed by atoms with van der Waals surface area (Å²) in [4.78, 5) is 12.1. The average Bonchev–Trinajstić information content (AvgIpc) is 3.28. The standard InChI is InChI=1S/C24H26N2O8S/c1-4-11-26-23-21-19(14-16(24(27)31-3)15-20(21)34-25-23)33-13-7-5-6-12-32-18-10-8-9-17(30-2)22(18)35(26,28)29/h4,8-10,14-15H,1,5-7,11-13H2,2-3H3. The van der Waals surface area contributed by atoms with Gasteiger partial charge in [0.15, 0.2) is 16.3 Å². The molecule has 1 aromatic heterocycles. The van der Waals surface area contributed by atoms with Crippen LogP contribution in [-0.2, 0) is 14.8 Å². The fourth-order valence-electron chi connectivity index (χ4n) is 3.84. The molecule has 10 nitrogen and oxygen atoms in total. The Kier molecular flexibility index (Phi) is 7.15. The van der Waals surface area contributed by atoms with E-state index in [1.165, 1.54) is 32.4 Å². The second-order valence-electron chi connectivity index (χ2n) is 7.72. The van der Waals surface area contributed by atoms with Gasteiger partial charge in [0.2, 0.25) is 0 Å². The number of esters is 1. The second kappa shape index (κ2) is 10.3. The van der Waals surface area contributed by atoms with Crippen LogP contribution < -0.4 is 18.5 Å². The molecule has 0 atom stereocenters. The van der Waals surface area contributed by atoms with Gasteiger partial charge in [0.1, 0.15) is 22.6 Å². The van der Waals surface area contributed by atoms with E-state index in [-0.39, 0.29) is 45.7 Å². The van der Waals surface area contributed by atoms with Crippen LogP contribution in [0.1, 0.15) is 29.6 Å². The van der Waals surface area contributed by atoms with Crippen molar-refractivity contribution in [3.05, 3.63) is 48.6 Å². The number of benzene rings is 2. The van der Waals surface area contributed by atoms with E-state index in [1.54, 1.807) is 18.2 Å². The fraction of sp³-hybridized carbons (Fsp3) is 0.333. The molecule has 0 aliphatic carbocycles. The van der Waals surface area contributed by atoms with Crippen molar-refractivity contribution < 1.29 is 36.7 Å². The van der Waals surface area contributed by atoms with Crippen LogP contribution >= 0.6 is 0 Å². The summed E-state index contributed by atoms with van der Waals surface area (Å²) in [5, 5.41) is 4.36. The molecule has 0 amide bonds. The Morgan fingerprint density at radius 2 is 1.89 bits per heavy atom. The molecule has 4 rings (SSSR count). The lowest BCUT2D eigenvalue weighted by Crippen LogP contribution is -2.32. The third-order valence-electron chi connectivity index (χ3n) is 5.49. The highest BCUT2D eigenvalue weighted by molar-refractivity contribution is 7.93. The Balaban J connectivity index is 1.99. The van der Waals surface area contributed by atoms with Gasteiger partial charge in [-0.3, -0.25) is 0 Å². The predicted molar refractivity (Wildman–Crippen MR) is 128 cm³/mol. The molecule has 0 radical (unpaired) electrons. The number of hydrogen-bond donors (Lipinski definition) is 0. The van der Waals surface area contributed by atoms with Crippen molar-refractivity contribution in [1.29, 1.82) is 0 Å². The zero-order valence-corrected chi connectivity index (χ0v) is 20.3. The Labute approximate surface area is 203 Å². The first-order valence-electron chi connectivity index (χ1n) is 11.0. The lowest BCUT2D eigenvalue weighted by Gasteiger charge is -2.24. The summed E-state index contributed by atoms with van der Waals surface area (Å²) in [6.07, 6.45) is 3.62.